The highest BCUT2D eigenvalue weighted by Gasteiger charge is 2.59. The van der Waals surface area contributed by atoms with Crippen LogP contribution in [0, 0.1) is 46.3 Å². The minimum Gasteiger partial charge on any atom is -0.462 e. The summed E-state index contributed by atoms with van der Waals surface area (Å²) in [6, 6.07) is -1.27. The van der Waals surface area contributed by atoms with Crippen molar-refractivity contribution >= 4 is 11.9 Å². The molecule has 1 heterocycles. The van der Waals surface area contributed by atoms with Crippen molar-refractivity contribution < 1.29 is 39.5 Å². The fourth-order valence-corrected chi connectivity index (χ4v) is 10.7. The van der Waals surface area contributed by atoms with E-state index in [1.165, 1.54) is 50.5 Å². The molecule has 0 bridgehead atoms. The molecule has 0 aromatic rings. The molecule has 9 heteroatoms. The van der Waals surface area contributed by atoms with Gasteiger partial charge in [-0.1, -0.05) is 65.5 Å². The van der Waals surface area contributed by atoms with Crippen LogP contribution in [0.15, 0.2) is 11.6 Å². The quantitative estimate of drug-likeness (QED) is 0.161. The van der Waals surface area contributed by atoms with E-state index in [1.54, 1.807) is 0 Å². The molecule has 0 aromatic carbocycles. The van der Waals surface area contributed by atoms with E-state index in [1.807, 2.05) is 0 Å². The third kappa shape index (κ3) is 7.10. The lowest BCUT2D eigenvalue weighted by molar-refractivity contribution is -0.253. The van der Waals surface area contributed by atoms with E-state index >= 15 is 0 Å². The van der Waals surface area contributed by atoms with Crippen LogP contribution >= 0.6 is 0 Å². The van der Waals surface area contributed by atoms with Crippen molar-refractivity contribution in [3.05, 3.63) is 11.6 Å². The van der Waals surface area contributed by atoms with Crippen LogP contribution in [-0.4, -0.2) is 75.7 Å². The second-order valence-corrected chi connectivity index (χ2v) is 16.5. The van der Waals surface area contributed by atoms with Gasteiger partial charge in [-0.2, -0.15) is 0 Å². The number of hydrogen-bond donors (Lipinski definition) is 5. The highest BCUT2D eigenvalue weighted by molar-refractivity contribution is 5.81. The SMILES string of the molecule is CC(C)CCC[C@@H](C)[C@H]1CC[C@H]2[C@@H]3CC=C4C[C@@H](OC(=O)CCC(=O)N[C@H]5C(O)O[C@H](CO)[C@@H](O)[C@@H]5O)CC[C@]4(C)[C@H]3CC[C@]12C. The second kappa shape index (κ2) is 14.5. The lowest BCUT2D eigenvalue weighted by Crippen LogP contribution is -2.64. The molecule has 1 aliphatic heterocycles. The third-order valence-corrected chi connectivity index (χ3v) is 13.3. The Morgan fingerprint density at radius 3 is 2.48 bits per heavy atom. The summed E-state index contributed by atoms with van der Waals surface area (Å²) in [6.07, 6.45) is 9.48. The number of nitrogens with one attached hydrogen (secondary N) is 1. The van der Waals surface area contributed by atoms with Crippen LogP contribution in [0.1, 0.15) is 118 Å². The standard InChI is InChI=1S/C37H61NO8/c1-21(2)7-6-8-22(3)26-11-12-27-25-10-9-23-19-24(15-17-36(23,4)28(25)16-18-37(26,27)5)45-31(41)14-13-30(40)38-32-34(43)33(42)29(20-39)46-35(32)44/h9,21-22,24-29,32-35,39,42-44H,6-8,10-20H2,1-5H3,(H,38,40)/t22-,24+,25+,26-,27+,28+,29-,32-,33-,34-,35?,36+,37-/m1/s1. The van der Waals surface area contributed by atoms with Gasteiger partial charge in [0.2, 0.25) is 5.91 Å². The van der Waals surface area contributed by atoms with Gasteiger partial charge in [0.05, 0.1) is 13.0 Å². The first-order valence-corrected chi connectivity index (χ1v) is 18.3. The van der Waals surface area contributed by atoms with Crippen molar-refractivity contribution in [2.45, 2.75) is 155 Å². The van der Waals surface area contributed by atoms with Crippen LogP contribution in [0.5, 0.6) is 0 Å². The van der Waals surface area contributed by atoms with Crippen LogP contribution in [-0.2, 0) is 19.1 Å². The van der Waals surface area contributed by atoms with E-state index in [-0.39, 0.29) is 24.4 Å². The molecule has 5 aliphatic rings. The fraction of sp³-hybridized carbons (Fsp3) is 0.892. The summed E-state index contributed by atoms with van der Waals surface area (Å²) in [7, 11) is 0. The van der Waals surface area contributed by atoms with E-state index in [2.05, 4.69) is 46.0 Å². The maximum Gasteiger partial charge on any atom is 0.306 e. The minimum atomic E-state index is -1.59. The monoisotopic (exact) mass is 647 g/mol. The molecule has 3 saturated carbocycles. The van der Waals surface area contributed by atoms with Gasteiger partial charge in [0.25, 0.3) is 0 Å². The summed E-state index contributed by atoms with van der Waals surface area (Å²) in [5, 5.41) is 42.1. The van der Waals surface area contributed by atoms with Gasteiger partial charge < -0.3 is 35.2 Å². The number of aliphatic hydroxyl groups excluding tert-OH is 4. The Morgan fingerprint density at radius 2 is 1.76 bits per heavy atom. The van der Waals surface area contributed by atoms with Crippen LogP contribution in [0.2, 0.25) is 0 Å². The molecule has 4 aliphatic carbocycles. The predicted octanol–water partition coefficient (Wildman–Crippen LogP) is 4.64. The predicted molar refractivity (Wildman–Crippen MR) is 174 cm³/mol. The summed E-state index contributed by atoms with van der Waals surface area (Å²) in [4.78, 5) is 25.3. The summed E-state index contributed by atoms with van der Waals surface area (Å²) in [5.41, 5.74) is 2.08. The minimum absolute atomic E-state index is 0.123. The number of aliphatic hydroxyl groups is 4. The number of ether oxygens (including phenoxy) is 2. The number of amides is 1. The second-order valence-electron chi connectivity index (χ2n) is 16.5. The van der Waals surface area contributed by atoms with E-state index in [4.69, 9.17) is 9.47 Å². The normalized spacial score (nSPS) is 42.8. The highest BCUT2D eigenvalue weighted by Crippen LogP contribution is 2.67. The van der Waals surface area contributed by atoms with Crippen LogP contribution in [0.3, 0.4) is 0 Å². The lowest BCUT2D eigenvalue weighted by atomic mass is 9.47. The zero-order valence-corrected chi connectivity index (χ0v) is 28.8. The molecule has 5 rings (SSSR count). The maximum absolute atomic E-state index is 12.8. The summed E-state index contributed by atoms with van der Waals surface area (Å²) in [5.74, 6) is 3.68. The molecule has 0 radical (unpaired) electrons. The number of carbonyl (C=O) groups is 2. The number of fused-ring (bicyclic) bond motifs is 5. The van der Waals surface area contributed by atoms with Gasteiger partial charge in [0.1, 0.15) is 30.5 Å². The smallest absolute Gasteiger partial charge is 0.306 e. The zero-order chi connectivity index (χ0) is 33.4. The van der Waals surface area contributed by atoms with Crippen molar-refractivity contribution in [1.82, 2.24) is 5.32 Å². The summed E-state index contributed by atoms with van der Waals surface area (Å²) < 4.78 is 11.0. The Balaban J connectivity index is 1.11. The van der Waals surface area contributed by atoms with Crippen LogP contribution in [0.25, 0.3) is 0 Å². The molecule has 9 nitrogen and oxygen atoms in total. The summed E-state index contributed by atoms with van der Waals surface area (Å²) in [6.45, 7) is 11.7. The van der Waals surface area contributed by atoms with E-state index < -0.39 is 49.1 Å². The van der Waals surface area contributed by atoms with Crippen molar-refractivity contribution in [2.75, 3.05) is 6.61 Å². The Bertz CT molecular complexity index is 1110. The number of hydrogen-bond acceptors (Lipinski definition) is 8. The molecular weight excluding hydrogens is 586 g/mol. The van der Waals surface area contributed by atoms with Crippen molar-refractivity contribution in [3.8, 4) is 0 Å². The van der Waals surface area contributed by atoms with E-state index in [0.717, 1.165) is 55.3 Å². The number of carbonyl (C=O) groups excluding carboxylic acids is 2. The van der Waals surface area contributed by atoms with Crippen molar-refractivity contribution in [2.24, 2.45) is 46.3 Å². The molecule has 0 aromatic heterocycles. The van der Waals surface area contributed by atoms with Gasteiger partial charge in [-0.05, 0) is 91.3 Å². The molecule has 0 spiro atoms. The van der Waals surface area contributed by atoms with E-state index in [9.17, 15) is 30.0 Å². The average molecular weight is 648 g/mol. The Hall–Kier alpha value is -1.52. The summed E-state index contributed by atoms with van der Waals surface area (Å²) >= 11 is 0. The largest absolute Gasteiger partial charge is 0.462 e. The first kappa shape index (κ1) is 35.8. The van der Waals surface area contributed by atoms with Crippen molar-refractivity contribution in [1.29, 1.82) is 0 Å². The average Bonchev–Trinajstić information content (AvgIpc) is 3.37. The first-order valence-electron chi connectivity index (χ1n) is 18.3. The molecule has 5 N–H and O–H groups in total. The molecule has 46 heavy (non-hydrogen) atoms. The van der Waals surface area contributed by atoms with Gasteiger partial charge in [-0.15, -0.1) is 0 Å². The van der Waals surface area contributed by atoms with Gasteiger partial charge in [-0.25, -0.2) is 0 Å². The third-order valence-electron chi connectivity index (χ3n) is 13.3. The molecular formula is C37H61NO8. The first-order chi connectivity index (χ1) is 21.8. The molecule has 262 valence electrons. The molecule has 13 atom stereocenters. The number of rotatable bonds is 11. The lowest BCUT2D eigenvalue weighted by Gasteiger charge is -2.58. The zero-order valence-electron chi connectivity index (χ0n) is 28.8. The Kier molecular flexibility index (Phi) is 11.3. The van der Waals surface area contributed by atoms with Gasteiger partial charge in [0.15, 0.2) is 6.29 Å². The number of esters is 1. The van der Waals surface area contributed by atoms with E-state index in [0.29, 0.717) is 11.3 Å². The van der Waals surface area contributed by atoms with Gasteiger partial charge in [-0.3, -0.25) is 9.59 Å². The maximum atomic E-state index is 12.8. The fourth-order valence-electron chi connectivity index (χ4n) is 10.7. The number of allylic oxidation sites excluding steroid dienone is 1. The van der Waals surface area contributed by atoms with Crippen LogP contribution < -0.4 is 5.32 Å². The molecule has 1 saturated heterocycles. The Labute approximate surface area is 275 Å². The van der Waals surface area contributed by atoms with Gasteiger partial charge in [0, 0.05) is 12.8 Å². The molecule has 4 fully saturated rings. The van der Waals surface area contributed by atoms with Crippen molar-refractivity contribution in [3.63, 3.8) is 0 Å². The Morgan fingerprint density at radius 1 is 1.00 bits per heavy atom. The highest BCUT2D eigenvalue weighted by atomic mass is 16.6. The topological polar surface area (TPSA) is 146 Å². The van der Waals surface area contributed by atoms with Crippen LogP contribution in [0.4, 0.5) is 0 Å². The molecule has 1 amide bonds. The van der Waals surface area contributed by atoms with Gasteiger partial charge >= 0.3 is 5.97 Å². The molecule has 1 unspecified atom stereocenters.